The summed E-state index contributed by atoms with van der Waals surface area (Å²) in [6, 6.07) is 2.11. The third kappa shape index (κ3) is 3.87. The highest BCUT2D eigenvalue weighted by Gasteiger charge is 2.34. The number of Topliss-reactive ketones (excluding diaryl/α,β-unsaturated/α-hetero) is 1. The lowest BCUT2D eigenvalue weighted by Crippen LogP contribution is -2.33. The smallest absolute Gasteiger partial charge is 0.433 e. The molecule has 12 heteroatoms. The highest BCUT2D eigenvalue weighted by Crippen LogP contribution is 2.34. The van der Waals surface area contributed by atoms with Crippen LogP contribution < -0.4 is 4.74 Å². The molecule has 3 heterocycles. The Labute approximate surface area is 175 Å². The largest absolute Gasteiger partial charge is 0.488 e. The minimum atomic E-state index is -4.64. The van der Waals surface area contributed by atoms with Gasteiger partial charge in [0.05, 0.1) is 29.2 Å². The molecule has 0 amide bonds. The second-order valence-electron chi connectivity index (χ2n) is 7.16. The fourth-order valence-electron chi connectivity index (χ4n) is 3.23. The van der Waals surface area contributed by atoms with Crippen molar-refractivity contribution in [3.8, 4) is 17.3 Å². The van der Waals surface area contributed by atoms with E-state index in [0.717, 1.165) is 12.3 Å². The van der Waals surface area contributed by atoms with Crippen molar-refractivity contribution in [2.45, 2.75) is 36.9 Å². The summed E-state index contributed by atoms with van der Waals surface area (Å²) < 4.78 is 71.5. The highest BCUT2D eigenvalue weighted by molar-refractivity contribution is 7.91. The summed E-state index contributed by atoms with van der Waals surface area (Å²) >= 11 is 0. The van der Waals surface area contributed by atoms with Crippen LogP contribution in [0.5, 0.6) is 5.75 Å². The van der Waals surface area contributed by atoms with E-state index >= 15 is 0 Å². The first-order chi connectivity index (χ1) is 14.5. The average Bonchev–Trinajstić information content (AvgIpc) is 3.02. The van der Waals surface area contributed by atoms with Crippen molar-refractivity contribution < 1.29 is 31.1 Å². The van der Waals surface area contributed by atoms with Gasteiger partial charge in [-0.2, -0.15) is 13.2 Å². The van der Waals surface area contributed by atoms with Crippen molar-refractivity contribution >= 4 is 26.7 Å². The van der Waals surface area contributed by atoms with Crippen molar-refractivity contribution in [2.24, 2.45) is 7.05 Å². The summed E-state index contributed by atoms with van der Waals surface area (Å²) in [6.07, 6.45) is -2.13. The van der Waals surface area contributed by atoms with Crippen LogP contribution in [0.25, 0.3) is 22.6 Å². The minimum absolute atomic E-state index is 0.00820. The third-order valence-electron chi connectivity index (χ3n) is 5.03. The van der Waals surface area contributed by atoms with Crippen molar-refractivity contribution in [3.05, 3.63) is 30.2 Å². The second kappa shape index (κ2) is 7.29. The highest BCUT2D eigenvalue weighted by atomic mass is 32.2. The molecular formula is C19H17F3N4O4S. The molecule has 31 heavy (non-hydrogen) atoms. The Bertz CT molecular complexity index is 1290. The lowest BCUT2D eigenvalue weighted by Gasteiger charge is -2.25. The number of nitrogens with zero attached hydrogens (tertiary/aromatic N) is 4. The molecule has 1 aliphatic rings. The molecule has 0 unspecified atom stereocenters. The molecule has 0 saturated heterocycles. The summed E-state index contributed by atoms with van der Waals surface area (Å²) in [6.45, 7) is 1.46. The van der Waals surface area contributed by atoms with Gasteiger partial charge in [0, 0.05) is 26.0 Å². The zero-order chi connectivity index (χ0) is 22.6. The van der Waals surface area contributed by atoms with Crippen LogP contribution in [0.4, 0.5) is 13.2 Å². The van der Waals surface area contributed by atoms with E-state index in [-0.39, 0.29) is 63.7 Å². The number of pyridine rings is 2. The first-order valence-corrected chi connectivity index (χ1v) is 11.0. The van der Waals surface area contributed by atoms with E-state index in [9.17, 15) is 26.4 Å². The fourth-order valence-corrected chi connectivity index (χ4v) is 4.28. The topological polar surface area (TPSA) is 104 Å². The second-order valence-corrected chi connectivity index (χ2v) is 9.41. The van der Waals surface area contributed by atoms with Gasteiger partial charge in [-0.15, -0.1) is 0 Å². The number of sulfone groups is 1. The summed E-state index contributed by atoms with van der Waals surface area (Å²) in [7, 11) is -2.24. The SMILES string of the molecule is CCS(=O)(=O)c1cc(OC2CC(=O)C2)cnc1-c1nc2cc(C(F)(F)F)ncc2n1C. The molecule has 164 valence electrons. The first kappa shape index (κ1) is 21.2. The predicted octanol–water partition coefficient (Wildman–Crippen LogP) is 2.95. The van der Waals surface area contributed by atoms with Crippen LogP contribution in [0, 0.1) is 0 Å². The number of ketones is 1. The van der Waals surface area contributed by atoms with Gasteiger partial charge in [-0.1, -0.05) is 6.92 Å². The van der Waals surface area contributed by atoms with Gasteiger partial charge < -0.3 is 9.30 Å². The number of carbonyl (C=O) groups excluding carboxylic acids is 1. The van der Waals surface area contributed by atoms with E-state index in [4.69, 9.17) is 4.74 Å². The van der Waals surface area contributed by atoms with Gasteiger partial charge in [-0.05, 0) is 6.07 Å². The van der Waals surface area contributed by atoms with Gasteiger partial charge in [0.2, 0.25) is 0 Å². The van der Waals surface area contributed by atoms with Gasteiger partial charge in [-0.25, -0.2) is 23.4 Å². The molecule has 4 rings (SSSR count). The van der Waals surface area contributed by atoms with Crippen LogP contribution in [-0.4, -0.2) is 45.6 Å². The van der Waals surface area contributed by atoms with Crippen LogP contribution in [0.3, 0.4) is 0 Å². The van der Waals surface area contributed by atoms with E-state index in [1.807, 2.05) is 0 Å². The molecule has 0 aliphatic heterocycles. The van der Waals surface area contributed by atoms with E-state index in [0.29, 0.717) is 0 Å². The molecule has 0 bridgehead atoms. The molecule has 0 radical (unpaired) electrons. The van der Waals surface area contributed by atoms with Crippen molar-refractivity contribution in [1.29, 1.82) is 0 Å². The number of hydrogen-bond donors (Lipinski definition) is 0. The average molecular weight is 454 g/mol. The maximum atomic E-state index is 13.0. The molecule has 1 aliphatic carbocycles. The number of aryl methyl sites for hydroxylation is 1. The molecule has 0 aromatic carbocycles. The lowest BCUT2D eigenvalue weighted by atomic mass is 9.94. The minimum Gasteiger partial charge on any atom is -0.488 e. The summed E-state index contributed by atoms with van der Waals surface area (Å²) in [4.78, 5) is 22.8. The molecule has 0 N–H and O–H groups in total. The Kier molecular flexibility index (Phi) is 4.99. The van der Waals surface area contributed by atoms with Crippen LogP contribution in [0.15, 0.2) is 29.4 Å². The van der Waals surface area contributed by atoms with Gasteiger partial charge in [0.15, 0.2) is 15.7 Å². The Morgan fingerprint density at radius 1 is 1.19 bits per heavy atom. The molecule has 1 saturated carbocycles. The molecular weight excluding hydrogens is 437 g/mol. The van der Waals surface area contributed by atoms with Crippen LogP contribution >= 0.6 is 0 Å². The third-order valence-corrected chi connectivity index (χ3v) is 6.77. The number of ether oxygens (including phenoxy) is 1. The number of rotatable bonds is 5. The maximum Gasteiger partial charge on any atom is 0.433 e. The van der Waals surface area contributed by atoms with E-state index < -0.39 is 21.7 Å². The first-order valence-electron chi connectivity index (χ1n) is 9.31. The van der Waals surface area contributed by atoms with Crippen LogP contribution in [-0.2, 0) is 27.9 Å². The molecule has 3 aromatic rings. The fraction of sp³-hybridized carbons (Fsp3) is 0.368. The standard InChI is InChI=1S/C19H17F3N4O4S/c1-3-31(28,29)15-6-12(30-11-4-10(27)5-11)8-24-17(15)18-25-13-7-16(19(20,21)22)23-9-14(13)26(18)2/h6-9,11H,3-5H2,1-2H3. The number of hydrogen-bond acceptors (Lipinski definition) is 7. The summed E-state index contributed by atoms with van der Waals surface area (Å²) in [5.41, 5.74) is -0.809. The Hall–Kier alpha value is -3.02. The molecule has 0 atom stereocenters. The maximum absolute atomic E-state index is 13.0. The number of imidazole rings is 1. The van der Waals surface area contributed by atoms with Crippen molar-refractivity contribution in [1.82, 2.24) is 19.5 Å². The number of carbonyl (C=O) groups is 1. The molecule has 0 spiro atoms. The Balaban J connectivity index is 1.83. The van der Waals surface area contributed by atoms with Crippen LogP contribution in [0.1, 0.15) is 25.5 Å². The molecule has 8 nitrogen and oxygen atoms in total. The predicted molar refractivity (Wildman–Crippen MR) is 103 cm³/mol. The normalized spacial score (nSPS) is 15.3. The summed E-state index contributed by atoms with van der Waals surface area (Å²) in [5.74, 6) is 0.0978. The van der Waals surface area contributed by atoms with Crippen LogP contribution in [0.2, 0.25) is 0 Å². The number of alkyl halides is 3. The Morgan fingerprint density at radius 3 is 2.52 bits per heavy atom. The number of aromatic nitrogens is 4. The molecule has 3 aromatic heterocycles. The van der Waals surface area contributed by atoms with E-state index in [1.165, 1.54) is 30.8 Å². The van der Waals surface area contributed by atoms with Gasteiger partial charge in [-0.3, -0.25) is 4.79 Å². The van der Waals surface area contributed by atoms with Gasteiger partial charge in [0.1, 0.15) is 33.9 Å². The number of halogens is 3. The van der Waals surface area contributed by atoms with E-state index in [2.05, 4.69) is 15.0 Å². The zero-order valence-electron chi connectivity index (χ0n) is 16.5. The van der Waals surface area contributed by atoms with Gasteiger partial charge >= 0.3 is 6.18 Å². The van der Waals surface area contributed by atoms with Gasteiger partial charge in [0.25, 0.3) is 0 Å². The quantitative estimate of drug-likeness (QED) is 0.584. The summed E-state index contributed by atoms with van der Waals surface area (Å²) in [5, 5.41) is 0. The molecule has 1 fully saturated rings. The van der Waals surface area contributed by atoms with Crippen molar-refractivity contribution in [3.63, 3.8) is 0 Å². The van der Waals surface area contributed by atoms with Crippen molar-refractivity contribution in [2.75, 3.05) is 5.75 Å². The monoisotopic (exact) mass is 454 g/mol. The van der Waals surface area contributed by atoms with E-state index in [1.54, 1.807) is 0 Å². The zero-order valence-corrected chi connectivity index (χ0v) is 17.3. The lowest BCUT2D eigenvalue weighted by molar-refractivity contribution is -0.141. The number of fused-ring (bicyclic) bond motifs is 1. The Morgan fingerprint density at radius 2 is 1.90 bits per heavy atom.